The number of alkyl carbamates (subject to hydrolysis) is 1. The number of carboxylic acids is 1. The van der Waals surface area contributed by atoms with E-state index in [0.717, 1.165) is 47.9 Å². The quantitative estimate of drug-likeness (QED) is 0.590. The summed E-state index contributed by atoms with van der Waals surface area (Å²) in [6.07, 6.45) is 2.85. The van der Waals surface area contributed by atoms with E-state index in [4.69, 9.17) is 9.84 Å². The van der Waals surface area contributed by atoms with E-state index in [1.807, 2.05) is 24.3 Å². The van der Waals surface area contributed by atoms with Gasteiger partial charge in [0.2, 0.25) is 5.91 Å². The van der Waals surface area contributed by atoms with Gasteiger partial charge in [0.05, 0.1) is 6.42 Å². The van der Waals surface area contributed by atoms with Crippen LogP contribution in [0.4, 0.5) is 4.79 Å². The first-order valence-electron chi connectivity index (χ1n) is 11.6. The molecule has 2 aliphatic rings. The highest BCUT2D eigenvalue weighted by Crippen LogP contribution is 2.44. The molecule has 2 aromatic rings. The van der Waals surface area contributed by atoms with E-state index in [2.05, 4.69) is 34.9 Å². The molecule has 7 heteroatoms. The van der Waals surface area contributed by atoms with Crippen LogP contribution in [0.5, 0.6) is 0 Å². The molecule has 4 rings (SSSR count). The minimum atomic E-state index is -0.856. The highest BCUT2D eigenvalue weighted by Gasteiger charge is 2.31. The topological polar surface area (TPSA) is 105 Å². The predicted molar refractivity (Wildman–Crippen MR) is 124 cm³/mol. The first-order valence-corrected chi connectivity index (χ1v) is 11.6. The highest BCUT2D eigenvalue weighted by molar-refractivity contribution is 5.85. The molecule has 0 radical (unpaired) electrons. The Labute approximate surface area is 193 Å². The van der Waals surface area contributed by atoms with Gasteiger partial charge in [-0.3, -0.25) is 9.59 Å². The molecule has 33 heavy (non-hydrogen) atoms. The average Bonchev–Trinajstić information content (AvgIpc) is 3.12. The lowest BCUT2D eigenvalue weighted by Crippen LogP contribution is -2.51. The van der Waals surface area contributed by atoms with Crippen LogP contribution in [0.15, 0.2) is 48.5 Å². The summed E-state index contributed by atoms with van der Waals surface area (Å²) in [5.74, 6) is -1.31. The second-order valence-electron chi connectivity index (χ2n) is 8.95. The number of ether oxygens (including phenoxy) is 1. The molecule has 3 atom stereocenters. The van der Waals surface area contributed by atoms with Crippen LogP contribution in [0.1, 0.15) is 56.1 Å². The zero-order chi connectivity index (χ0) is 23.4. The van der Waals surface area contributed by atoms with Gasteiger partial charge in [-0.1, -0.05) is 61.4 Å². The lowest BCUT2D eigenvalue weighted by atomic mass is 9.82. The molecule has 7 nitrogen and oxygen atoms in total. The molecule has 0 spiro atoms. The van der Waals surface area contributed by atoms with Gasteiger partial charge < -0.3 is 20.5 Å². The van der Waals surface area contributed by atoms with Crippen LogP contribution in [-0.2, 0) is 14.3 Å². The molecule has 0 aliphatic heterocycles. The Morgan fingerprint density at radius 3 is 2.24 bits per heavy atom. The van der Waals surface area contributed by atoms with Gasteiger partial charge in [-0.15, -0.1) is 0 Å². The van der Waals surface area contributed by atoms with Crippen molar-refractivity contribution in [3.63, 3.8) is 0 Å². The van der Waals surface area contributed by atoms with Crippen molar-refractivity contribution < 1.29 is 24.2 Å². The van der Waals surface area contributed by atoms with Gasteiger partial charge in [0.25, 0.3) is 0 Å². The third kappa shape index (κ3) is 5.18. The average molecular weight is 451 g/mol. The number of carboxylic acid groups (broad SMARTS) is 1. The van der Waals surface area contributed by atoms with E-state index in [-0.39, 0.29) is 36.8 Å². The fourth-order valence-corrected chi connectivity index (χ4v) is 5.06. The van der Waals surface area contributed by atoms with E-state index < -0.39 is 18.1 Å². The predicted octanol–water partition coefficient (Wildman–Crippen LogP) is 4.06. The zero-order valence-corrected chi connectivity index (χ0v) is 18.8. The SMILES string of the molecule is C[C@@H](NC(=O)OCC1c2ccccc2-c2ccccc21)C(=O)N[C@@H]1CCCC[C@@H]1CC(=O)O. The molecule has 1 saturated carbocycles. The number of aliphatic carboxylic acids is 1. The third-order valence-corrected chi connectivity index (χ3v) is 6.74. The maximum atomic E-state index is 12.6. The minimum Gasteiger partial charge on any atom is -0.481 e. The minimum absolute atomic E-state index is 0.0408. The van der Waals surface area contributed by atoms with E-state index in [0.29, 0.717) is 0 Å². The van der Waals surface area contributed by atoms with Crippen LogP contribution in [0.25, 0.3) is 11.1 Å². The molecule has 0 heterocycles. The summed E-state index contributed by atoms with van der Waals surface area (Å²) in [4.78, 5) is 36.2. The van der Waals surface area contributed by atoms with Crippen molar-refractivity contribution in [2.45, 2.75) is 57.0 Å². The van der Waals surface area contributed by atoms with Gasteiger partial charge in [-0.2, -0.15) is 0 Å². The molecule has 0 saturated heterocycles. The number of amides is 2. The fourth-order valence-electron chi connectivity index (χ4n) is 5.06. The number of hydrogen-bond donors (Lipinski definition) is 3. The van der Waals surface area contributed by atoms with E-state index in [9.17, 15) is 14.4 Å². The molecule has 3 N–H and O–H groups in total. The lowest BCUT2D eigenvalue weighted by molar-refractivity contribution is -0.139. The van der Waals surface area contributed by atoms with E-state index in [1.54, 1.807) is 6.92 Å². The number of benzene rings is 2. The number of carbonyl (C=O) groups excluding carboxylic acids is 2. The maximum absolute atomic E-state index is 12.6. The summed E-state index contributed by atoms with van der Waals surface area (Å²) >= 11 is 0. The first kappa shape index (κ1) is 22.8. The highest BCUT2D eigenvalue weighted by atomic mass is 16.5. The molecule has 0 unspecified atom stereocenters. The number of carbonyl (C=O) groups is 3. The molecule has 0 bridgehead atoms. The zero-order valence-electron chi connectivity index (χ0n) is 18.8. The summed E-state index contributed by atoms with van der Waals surface area (Å²) in [5.41, 5.74) is 4.55. The van der Waals surface area contributed by atoms with Crippen LogP contribution >= 0.6 is 0 Å². The molecule has 174 valence electrons. The van der Waals surface area contributed by atoms with Crippen molar-refractivity contribution in [1.82, 2.24) is 10.6 Å². The van der Waals surface area contributed by atoms with Crippen LogP contribution in [0, 0.1) is 5.92 Å². The molecular weight excluding hydrogens is 420 g/mol. The standard InChI is InChI=1S/C26H30N2O5/c1-16(25(31)28-23-13-7-2-8-17(23)14-24(29)30)27-26(32)33-15-22-20-11-5-3-9-18(20)19-10-4-6-12-21(19)22/h3-6,9-12,16-17,22-23H,2,7-8,13-15H2,1H3,(H,27,32)(H,28,31)(H,29,30)/t16-,17-,23-/m1/s1. The number of fused-ring (bicyclic) bond motifs is 3. The Balaban J connectivity index is 1.32. The van der Waals surface area contributed by atoms with Crippen LogP contribution in [0.3, 0.4) is 0 Å². The van der Waals surface area contributed by atoms with E-state index in [1.165, 1.54) is 0 Å². The van der Waals surface area contributed by atoms with Gasteiger partial charge in [-0.05, 0) is 47.9 Å². The Morgan fingerprint density at radius 2 is 1.61 bits per heavy atom. The summed E-state index contributed by atoms with van der Waals surface area (Å²) < 4.78 is 5.52. The maximum Gasteiger partial charge on any atom is 0.407 e. The Bertz CT molecular complexity index is 991. The molecule has 2 aromatic carbocycles. The van der Waals surface area contributed by atoms with E-state index >= 15 is 0 Å². The van der Waals surface area contributed by atoms with Crippen LogP contribution in [0.2, 0.25) is 0 Å². The molecule has 1 fully saturated rings. The first-order chi connectivity index (χ1) is 15.9. The van der Waals surface area contributed by atoms with Crippen LogP contribution < -0.4 is 10.6 Å². The molecule has 0 aromatic heterocycles. The Kier molecular flexibility index (Phi) is 6.96. The lowest BCUT2D eigenvalue weighted by Gasteiger charge is -2.32. The Morgan fingerprint density at radius 1 is 1.00 bits per heavy atom. The number of rotatable bonds is 7. The number of nitrogens with one attached hydrogen (secondary N) is 2. The van der Waals surface area contributed by atoms with Crippen molar-refractivity contribution >= 4 is 18.0 Å². The van der Waals surface area contributed by atoms with Gasteiger partial charge in [0.15, 0.2) is 0 Å². The second kappa shape index (κ2) is 10.1. The molecular formula is C26H30N2O5. The summed E-state index contributed by atoms with van der Waals surface area (Å²) in [5, 5.41) is 14.7. The Hall–Kier alpha value is -3.35. The summed E-state index contributed by atoms with van der Waals surface area (Å²) in [6.45, 7) is 1.78. The van der Waals surface area contributed by atoms with Gasteiger partial charge in [0.1, 0.15) is 12.6 Å². The van der Waals surface area contributed by atoms with Gasteiger partial charge in [-0.25, -0.2) is 4.79 Å². The third-order valence-electron chi connectivity index (χ3n) is 6.74. The second-order valence-corrected chi connectivity index (χ2v) is 8.95. The van der Waals surface area contributed by atoms with Crippen molar-refractivity contribution in [2.75, 3.05) is 6.61 Å². The monoisotopic (exact) mass is 450 g/mol. The van der Waals surface area contributed by atoms with Crippen molar-refractivity contribution in [1.29, 1.82) is 0 Å². The van der Waals surface area contributed by atoms with Crippen LogP contribution in [-0.4, -0.2) is 41.8 Å². The largest absolute Gasteiger partial charge is 0.481 e. The summed E-state index contributed by atoms with van der Waals surface area (Å²) in [6, 6.07) is 15.2. The normalized spacial score (nSPS) is 20.3. The number of hydrogen-bond acceptors (Lipinski definition) is 4. The molecule has 2 amide bonds. The van der Waals surface area contributed by atoms with Crippen molar-refractivity contribution in [3.05, 3.63) is 59.7 Å². The van der Waals surface area contributed by atoms with Crippen molar-refractivity contribution in [2.24, 2.45) is 5.92 Å². The molecule has 2 aliphatic carbocycles. The summed E-state index contributed by atoms with van der Waals surface area (Å²) in [7, 11) is 0. The van der Waals surface area contributed by atoms with Crippen molar-refractivity contribution in [3.8, 4) is 11.1 Å². The smallest absolute Gasteiger partial charge is 0.407 e. The fraction of sp³-hybridized carbons (Fsp3) is 0.423. The van der Waals surface area contributed by atoms with Gasteiger partial charge >= 0.3 is 12.1 Å². The van der Waals surface area contributed by atoms with Gasteiger partial charge in [0, 0.05) is 12.0 Å².